The highest BCUT2D eigenvalue weighted by molar-refractivity contribution is 7.13. The molecular weight excluding hydrogens is 303 g/mol. The monoisotopic (exact) mass is 315 g/mol. The first-order valence-electron chi connectivity index (χ1n) is 6.07. The molecule has 0 atom stereocenters. The number of aromatic nitrogens is 1. The van der Waals surface area contributed by atoms with Gasteiger partial charge in [0.05, 0.1) is 5.56 Å². The summed E-state index contributed by atoms with van der Waals surface area (Å²) >= 11 is 1.19. The van der Waals surface area contributed by atoms with Gasteiger partial charge in [-0.2, -0.15) is 13.2 Å². The van der Waals surface area contributed by atoms with Gasteiger partial charge in [-0.25, -0.2) is 4.98 Å². The maximum absolute atomic E-state index is 13.0. The number of carbonyl (C=O) groups is 1. The van der Waals surface area contributed by atoms with E-state index in [1.807, 2.05) is 0 Å². The van der Waals surface area contributed by atoms with Crippen molar-refractivity contribution in [3.63, 3.8) is 0 Å². The van der Waals surface area contributed by atoms with Crippen molar-refractivity contribution in [2.45, 2.75) is 13.1 Å². The predicted octanol–water partition coefficient (Wildman–Crippen LogP) is 3.85. The lowest BCUT2D eigenvalue weighted by molar-refractivity contribution is -0.137. The van der Waals surface area contributed by atoms with Crippen molar-refractivity contribution in [2.24, 2.45) is 0 Å². The van der Waals surface area contributed by atoms with Crippen LogP contribution in [0.25, 0.3) is 0 Å². The topological polar surface area (TPSA) is 54.0 Å². The third kappa shape index (κ3) is 3.72. The number of hydrogen-bond acceptors (Lipinski definition) is 4. The van der Waals surface area contributed by atoms with Gasteiger partial charge in [0.2, 0.25) is 0 Å². The Hall–Kier alpha value is -2.09. The molecule has 2 N–H and O–H groups in total. The van der Waals surface area contributed by atoms with Crippen LogP contribution in [0, 0.1) is 0 Å². The highest BCUT2D eigenvalue weighted by atomic mass is 32.1. The van der Waals surface area contributed by atoms with E-state index in [1.165, 1.54) is 29.7 Å². The van der Waals surface area contributed by atoms with E-state index in [2.05, 4.69) is 15.6 Å². The van der Waals surface area contributed by atoms with E-state index in [0.717, 1.165) is 6.07 Å². The zero-order valence-corrected chi connectivity index (χ0v) is 11.8. The van der Waals surface area contributed by atoms with Crippen LogP contribution in [0.1, 0.15) is 22.8 Å². The molecule has 4 nitrogen and oxygen atoms in total. The Labute approximate surface area is 123 Å². The van der Waals surface area contributed by atoms with Crippen molar-refractivity contribution in [1.82, 2.24) is 4.98 Å². The molecule has 2 rings (SSSR count). The van der Waals surface area contributed by atoms with Crippen LogP contribution in [0.2, 0.25) is 0 Å². The second kappa shape index (κ2) is 6.13. The number of nitrogens with zero attached hydrogens (tertiary/aromatic N) is 1. The van der Waals surface area contributed by atoms with Crippen LogP contribution in [0.15, 0.2) is 29.8 Å². The highest BCUT2D eigenvalue weighted by Crippen LogP contribution is 2.35. The summed E-state index contributed by atoms with van der Waals surface area (Å²) in [6.07, 6.45) is -3.04. The number of alkyl halides is 3. The largest absolute Gasteiger partial charge is 0.418 e. The zero-order valence-electron chi connectivity index (χ0n) is 11.0. The van der Waals surface area contributed by atoms with Crippen molar-refractivity contribution in [3.05, 3.63) is 40.9 Å². The van der Waals surface area contributed by atoms with Crippen LogP contribution in [0.5, 0.6) is 0 Å². The number of rotatable bonds is 4. The van der Waals surface area contributed by atoms with E-state index in [-0.39, 0.29) is 11.3 Å². The van der Waals surface area contributed by atoms with Crippen LogP contribution in [-0.4, -0.2) is 17.4 Å². The number of thiazole rings is 1. The molecule has 0 bridgehead atoms. The fourth-order valence-corrected chi connectivity index (χ4v) is 2.24. The molecule has 0 radical (unpaired) electrons. The predicted molar refractivity (Wildman–Crippen MR) is 75.7 cm³/mol. The minimum Gasteiger partial charge on any atom is -0.385 e. The Balaban J connectivity index is 2.30. The summed E-state index contributed by atoms with van der Waals surface area (Å²) in [7, 11) is 0. The molecule has 21 heavy (non-hydrogen) atoms. The van der Waals surface area contributed by atoms with Crippen molar-refractivity contribution in [1.29, 1.82) is 0 Å². The van der Waals surface area contributed by atoms with Gasteiger partial charge in [0, 0.05) is 29.4 Å². The van der Waals surface area contributed by atoms with Gasteiger partial charge in [0.15, 0.2) is 5.13 Å². The molecule has 0 saturated carbocycles. The normalized spacial score (nSPS) is 11.2. The molecule has 2 aromatic rings. The van der Waals surface area contributed by atoms with Crippen molar-refractivity contribution < 1.29 is 18.0 Å². The summed E-state index contributed by atoms with van der Waals surface area (Å²) in [6, 6.07) is 3.43. The number of amides is 1. The number of hydrogen-bond donors (Lipinski definition) is 2. The van der Waals surface area contributed by atoms with Crippen LogP contribution >= 0.6 is 11.3 Å². The molecule has 0 aliphatic rings. The Kier molecular flexibility index (Phi) is 4.46. The van der Waals surface area contributed by atoms with Gasteiger partial charge in [-0.1, -0.05) is 0 Å². The van der Waals surface area contributed by atoms with Gasteiger partial charge in [0.25, 0.3) is 5.91 Å². The summed E-state index contributed by atoms with van der Waals surface area (Å²) in [4.78, 5) is 15.8. The Bertz CT molecular complexity index is 626. The minimum absolute atomic E-state index is 0.0456. The lowest BCUT2D eigenvalue weighted by Crippen LogP contribution is -2.16. The smallest absolute Gasteiger partial charge is 0.385 e. The second-order valence-electron chi connectivity index (χ2n) is 4.08. The lowest BCUT2D eigenvalue weighted by atomic mass is 10.1. The third-order valence-electron chi connectivity index (χ3n) is 2.61. The molecule has 0 aliphatic heterocycles. The maximum Gasteiger partial charge on any atom is 0.418 e. The molecule has 1 heterocycles. The van der Waals surface area contributed by atoms with Gasteiger partial charge in [-0.3, -0.25) is 10.1 Å². The fraction of sp³-hybridized carbons (Fsp3) is 0.231. The summed E-state index contributed by atoms with van der Waals surface area (Å²) in [5.74, 6) is -0.626. The van der Waals surface area contributed by atoms with Gasteiger partial charge in [-0.15, -0.1) is 11.3 Å². The summed E-state index contributed by atoms with van der Waals surface area (Å²) in [6.45, 7) is 2.05. The first-order valence-corrected chi connectivity index (χ1v) is 6.95. The Morgan fingerprint density at radius 3 is 2.71 bits per heavy atom. The summed E-state index contributed by atoms with van der Waals surface area (Å²) < 4.78 is 39.0. The SMILES string of the molecule is CCNc1ccc(C(=O)Nc2nccs2)cc1C(F)(F)F. The molecule has 0 saturated heterocycles. The maximum atomic E-state index is 13.0. The fourth-order valence-electron chi connectivity index (χ4n) is 1.72. The van der Waals surface area contributed by atoms with Gasteiger partial charge in [0.1, 0.15) is 0 Å². The number of anilines is 2. The van der Waals surface area contributed by atoms with E-state index in [9.17, 15) is 18.0 Å². The molecule has 1 aromatic heterocycles. The minimum atomic E-state index is -4.53. The second-order valence-corrected chi connectivity index (χ2v) is 4.97. The molecule has 0 aliphatic carbocycles. The standard InChI is InChI=1S/C13H12F3N3OS/c1-2-17-10-4-3-8(7-9(10)13(14,15)16)11(20)19-12-18-5-6-21-12/h3-7,17H,2H2,1H3,(H,18,19,20). The van der Waals surface area contributed by atoms with E-state index >= 15 is 0 Å². The van der Waals surface area contributed by atoms with Gasteiger partial charge in [-0.05, 0) is 25.1 Å². The Morgan fingerprint density at radius 1 is 1.38 bits per heavy atom. The number of nitrogens with one attached hydrogen (secondary N) is 2. The molecule has 0 fully saturated rings. The molecule has 1 amide bonds. The van der Waals surface area contributed by atoms with E-state index in [0.29, 0.717) is 11.7 Å². The van der Waals surface area contributed by atoms with E-state index in [4.69, 9.17) is 0 Å². The van der Waals surface area contributed by atoms with Crippen molar-refractivity contribution in [2.75, 3.05) is 17.2 Å². The average Bonchev–Trinajstić information content (AvgIpc) is 2.91. The first-order chi connectivity index (χ1) is 9.91. The molecule has 8 heteroatoms. The third-order valence-corrected chi connectivity index (χ3v) is 3.30. The number of benzene rings is 1. The van der Waals surface area contributed by atoms with Crippen LogP contribution in [0.4, 0.5) is 24.0 Å². The quantitative estimate of drug-likeness (QED) is 0.901. The average molecular weight is 315 g/mol. The van der Waals surface area contributed by atoms with Gasteiger partial charge < -0.3 is 5.32 Å². The van der Waals surface area contributed by atoms with Crippen LogP contribution in [0.3, 0.4) is 0 Å². The van der Waals surface area contributed by atoms with E-state index < -0.39 is 17.6 Å². The highest BCUT2D eigenvalue weighted by Gasteiger charge is 2.34. The number of carbonyl (C=O) groups excluding carboxylic acids is 1. The van der Waals surface area contributed by atoms with Crippen LogP contribution in [-0.2, 0) is 6.18 Å². The molecule has 1 aromatic carbocycles. The van der Waals surface area contributed by atoms with Crippen LogP contribution < -0.4 is 10.6 Å². The van der Waals surface area contributed by atoms with Crippen molar-refractivity contribution in [3.8, 4) is 0 Å². The number of halogens is 3. The molecule has 0 unspecified atom stereocenters. The Morgan fingerprint density at radius 2 is 2.14 bits per heavy atom. The summed E-state index contributed by atoms with van der Waals surface area (Å²) in [5, 5.41) is 7.08. The van der Waals surface area contributed by atoms with Crippen molar-refractivity contribution >= 4 is 28.1 Å². The molecular formula is C13H12F3N3OS. The van der Waals surface area contributed by atoms with Gasteiger partial charge >= 0.3 is 6.18 Å². The lowest BCUT2D eigenvalue weighted by Gasteiger charge is -2.15. The zero-order chi connectivity index (χ0) is 15.5. The molecule has 0 spiro atoms. The summed E-state index contributed by atoms with van der Waals surface area (Å²) in [5.41, 5.74) is -0.980. The molecule has 112 valence electrons. The first kappa shape index (κ1) is 15.3. The van der Waals surface area contributed by atoms with E-state index in [1.54, 1.807) is 12.3 Å².